The summed E-state index contributed by atoms with van der Waals surface area (Å²) in [6.07, 6.45) is 3.52. The lowest BCUT2D eigenvalue weighted by Gasteiger charge is -2.10. The molecule has 0 aliphatic heterocycles. The van der Waals surface area contributed by atoms with E-state index in [1.807, 2.05) is 84.9 Å². The van der Waals surface area contributed by atoms with Gasteiger partial charge in [-0.15, -0.1) is 11.3 Å². The summed E-state index contributed by atoms with van der Waals surface area (Å²) in [5.41, 5.74) is 5.08. The van der Waals surface area contributed by atoms with Crippen LogP contribution in [0.1, 0.15) is 0 Å². The van der Waals surface area contributed by atoms with Gasteiger partial charge in [-0.3, -0.25) is 14.8 Å². The molecule has 0 fully saturated rings. The Hall–Kier alpha value is -4.22. The summed E-state index contributed by atoms with van der Waals surface area (Å²) in [5.74, 6) is 0. The predicted molar refractivity (Wildman–Crippen MR) is 135 cm³/mol. The number of hydrogen-bond acceptors (Lipinski definition) is 5. The number of benzene rings is 2. The summed E-state index contributed by atoms with van der Waals surface area (Å²) < 4.78 is 1.98. The molecule has 0 saturated carbocycles. The second kappa shape index (κ2) is 8.04. The summed E-state index contributed by atoms with van der Waals surface area (Å²) >= 11 is 1.64. The zero-order valence-electron chi connectivity index (χ0n) is 17.5. The Balaban J connectivity index is 1.58. The van der Waals surface area contributed by atoms with Crippen molar-refractivity contribution in [1.82, 2.24) is 15.0 Å². The molecule has 0 saturated heterocycles. The second-order valence-electron chi connectivity index (χ2n) is 7.69. The maximum absolute atomic E-state index is 13.2. The number of pyridine rings is 3. The number of rotatable bonds is 3. The highest BCUT2D eigenvalue weighted by Crippen LogP contribution is 2.32. The zero-order chi connectivity index (χ0) is 22.2. The summed E-state index contributed by atoms with van der Waals surface area (Å²) in [6, 6.07) is 29.4. The van der Waals surface area contributed by atoms with E-state index in [9.17, 15) is 4.79 Å². The Morgan fingerprint density at radius 2 is 1.18 bits per heavy atom. The van der Waals surface area contributed by atoms with Gasteiger partial charge in [-0.2, -0.15) is 0 Å². The molecular formula is C28H17N3OS. The van der Waals surface area contributed by atoms with E-state index in [1.165, 1.54) is 0 Å². The molecule has 0 bridgehead atoms. The highest BCUT2D eigenvalue weighted by Gasteiger charge is 2.12. The summed E-state index contributed by atoms with van der Waals surface area (Å²) in [7, 11) is 0. The molecule has 0 atom stereocenters. The van der Waals surface area contributed by atoms with Gasteiger partial charge < -0.3 is 0 Å². The topological polar surface area (TPSA) is 55.7 Å². The Bertz CT molecular complexity index is 1620. The Kier molecular flexibility index (Phi) is 4.74. The van der Waals surface area contributed by atoms with Crippen molar-refractivity contribution in [2.75, 3.05) is 0 Å². The molecular weight excluding hydrogens is 426 g/mol. The maximum atomic E-state index is 13.2. The number of nitrogens with zero attached hydrogens (tertiary/aromatic N) is 3. The average Bonchev–Trinajstić information content (AvgIpc) is 2.89. The van der Waals surface area contributed by atoms with Gasteiger partial charge in [0.05, 0.1) is 22.8 Å². The van der Waals surface area contributed by atoms with Crippen LogP contribution in [0, 0.1) is 0 Å². The van der Waals surface area contributed by atoms with Crippen molar-refractivity contribution >= 4 is 31.5 Å². The smallest absolute Gasteiger partial charge is 0.195 e. The molecule has 0 spiro atoms. The van der Waals surface area contributed by atoms with E-state index in [0.717, 1.165) is 54.1 Å². The van der Waals surface area contributed by atoms with Gasteiger partial charge in [-0.05, 0) is 71.8 Å². The third kappa shape index (κ3) is 3.58. The SMILES string of the molecule is O=c1c2ccccc2sc2ccc(-c3cc(-c4ccccn4)nc(-c4ccccn4)c3)cc12. The molecule has 0 aliphatic rings. The summed E-state index contributed by atoms with van der Waals surface area (Å²) in [4.78, 5) is 27.0. The Morgan fingerprint density at radius 1 is 0.545 bits per heavy atom. The van der Waals surface area contributed by atoms with Crippen LogP contribution in [-0.4, -0.2) is 15.0 Å². The highest BCUT2D eigenvalue weighted by molar-refractivity contribution is 7.24. The molecule has 156 valence electrons. The lowest BCUT2D eigenvalue weighted by atomic mass is 10.0. The van der Waals surface area contributed by atoms with Crippen LogP contribution in [0.3, 0.4) is 0 Å². The van der Waals surface area contributed by atoms with Crippen LogP contribution in [0.15, 0.2) is 108 Å². The molecule has 0 unspecified atom stereocenters. The summed E-state index contributed by atoms with van der Waals surface area (Å²) in [5, 5.41) is 1.48. The molecule has 0 N–H and O–H groups in total. The van der Waals surface area contributed by atoms with E-state index in [-0.39, 0.29) is 5.43 Å². The van der Waals surface area contributed by atoms with Crippen LogP contribution in [-0.2, 0) is 0 Å². The molecule has 5 heteroatoms. The molecule has 0 aliphatic carbocycles. The largest absolute Gasteiger partial charge is 0.289 e. The van der Waals surface area contributed by atoms with Crippen molar-refractivity contribution < 1.29 is 0 Å². The lowest BCUT2D eigenvalue weighted by molar-refractivity contribution is 1.22. The standard InChI is InChI=1S/C28H17N3OS/c32-28-20-7-1-2-10-26(20)33-27-12-11-18(15-21(27)28)19-16-24(22-8-3-5-13-29-22)31-25(17-19)23-9-4-6-14-30-23/h1-17H. The molecule has 4 aromatic heterocycles. The van der Waals surface area contributed by atoms with E-state index >= 15 is 0 Å². The van der Waals surface area contributed by atoms with Crippen LogP contribution in [0.4, 0.5) is 0 Å². The van der Waals surface area contributed by atoms with E-state index < -0.39 is 0 Å². The second-order valence-corrected chi connectivity index (χ2v) is 8.78. The molecule has 4 heterocycles. The normalized spacial score (nSPS) is 11.2. The molecule has 33 heavy (non-hydrogen) atoms. The Morgan fingerprint density at radius 3 is 1.85 bits per heavy atom. The fraction of sp³-hybridized carbons (Fsp3) is 0. The molecule has 0 amide bonds. The number of aromatic nitrogens is 3. The first-order valence-corrected chi connectivity index (χ1v) is 11.4. The fourth-order valence-corrected chi connectivity index (χ4v) is 5.02. The first-order valence-electron chi connectivity index (χ1n) is 10.6. The minimum absolute atomic E-state index is 0.0603. The zero-order valence-corrected chi connectivity index (χ0v) is 18.3. The molecule has 0 radical (unpaired) electrons. The predicted octanol–water partition coefficient (Wildman–Crippen LogP) is 6.60. The minimum Gasteiger partial charge on any atom is -0.289 e. The van der Waals surface area contributed by atoms with Gasteiger partial charge in [0.2, 0.25) is 0 Å². The fourth-order valence-electron chi connectivity index (χ4n) is 3.97. The third-order valence-corrected chi connectivity index (χ3v) is 6.74. The Labute approximate surface area is 193 Å². The lowest BCUT2D eigenvalue weighted by Crippen LogP contribution is -2.01. The maximum Gasteiger partial charge on any atom is 0.195 e. The van der Waals surface area contributed by atoms with Crippen LogP contribution in [0.25, 0.3) is 54.1 Å². The first kappa shape index (κ1) is 19.5. The van der Waals surface area contributed by atoms with Crippen LogP contribution < -0.4 is 5.43 Å². The van der Waals surface area contributed by atoms with Crippen molar-refractivity contribution in [3.05, 3.63) is 114 Å². The van der Waals surface area contributed by atoms with Gasteiger partial charge in [0.15, 0.2) is 5.43 Å². The number of fused-ring (bicyclic) bond motifs is 2. The van der Waals surface area contributed by atoms with Crippen molar-refractivity contribution in [3.63, 3.8) is 0 Å². The van der Waals surface area contributed by atoms with E-state index in [1.54, 1.807) is 23.7 Å². The molecule has 6 rings (SSSR count). The van der Waals surface area contributed by atoms with Gasteiger partial charge in [0, 0.05) is 32.6 Å². The quantitative estimate of drug-likeness (QED) is 0.289. The molecule has 4 nitrogen and oxygen atoms in total. The average molecular weight is 444 g/mol. The van der Waals surface area contributed by atoms with Crippen molar-refractivity contribution in [2.24, 2.45) is 0 Å². The molecule has 6 aromatic rings. The van der Waals surface area contributed by atoms with Crippen LogP contribution in [0.5, 0.6) is 0 Å². The van der Waals surface area contributed by atoms with E-state index in [0.29, 0.717) is 0 Å². The van der Waals surface area contributed by atoms with Crippen LogP contribution >= 0.6 is 11.3 Å². The minimum atomic E-state index is 0.0603. The van der Waals surface area contributed by atoms with Gasteiger partial charge in [0.25, 0.3) is 0 Å². The van der Waals surface area contributed by atoms with Crippen molar-refractivity contribution in [2.45, 2.75) is 0 Å². The van der Waals surface area contributed by atoms with Crippen LogP contribution in [0.2, 0.25) is 0 Å². The van der Waals surface area contributed by atoms with E-state index in [4.69, 9.17) is 4.98 Å². The first-order chi connectivity index (χ1) is 16.3. The summed E-state index contributed by atoms with van der Waals surface area (Å²) in [6.45, 7) is 0. The molecule has 2 aromatic carbocycles. The number of hydrogen-bond donors (Lipinski definition) is 0. The monoisotopic (exact) mass is 443 g/mol. The van der Waals surface area contributed by atoms with Gasteiger partial charge in [0.1, 0.15) is 0 Å². The third-order valence-electron chi connectivity index (χ3n) is 5.59. The van der Waals surface area contributed by atoms with Crippen molar-refractivity contribution in [3.8, 4) is 33.9 Å². The van der Waals surface area contributed by atoms with Gasteiger partial charge >= 0.3 is 0 Å². The van der Waals surface area contributed by atoms with Gasteiger partial charge in [-0.1, -0.05) is 30.3 Å². The highest BCUT2D eigenvalue weighted by atomic mass is 32.1. The van der Waals surface area contributed by atoms with Crippen molar-refractivity contribution in [1.29, 1.82) is 0 Å². The van der Waals surface area contributed by atoms with E-state index in [2.05, 4.69) is 16.0 Å². The van der Waals surface area contributed by atoms with Gasteiger partial charge in [-0.25, -0.2) is 4.98 Å².